The van der Waals surface area contributed by atoms with Gasteiger partial charge in [0.2, 0.25) is 0 Å². The van der Waals surface area contributed by atoms with Gasteiger partial charge in [0.1, 0.15) is 0 Å². The second kappa shape index (κ2) is 5.33. The van der Waals surface area contributed by atoms with Gasteiger partial charge in [-0.2, -0.15) is 0 Å². The van der Waals surface area contributed by atoms with Gasteiger partial charge in [0.15, 0.2) is 0 Å². The Balaban J connectivity index is 1.88. The molecule has 4 unspecified atom stereocenters. The van der Waals surface area contributed by atoms with Crippen LogP contribution >= 0.6 is 0 Å². The van der Waals surface area contributed by atoms with Gasteiger partial charge in [0, 0.05) is 17.6 Å². The van der Waals surface area contributed by atoms with Crippen molar-refractivity contribution in [3.8, 4) is 0 Å². The van der Waals surface area contributed by atoms with Crippen LogP contribution in [-0.4, -0.2) is 37.4 Å². The highest BCUT2D eigenvalue weighted by Crippen LogP contribution is 2.69. The number of ether oxygens (including phenoxy) is 2. The number of rotatable bonds is 5. The summed E-state index contributed by atoms with van der Waals surface area (Å²) in [5, 5.41) is 10.0. The monoisotopic (exact) mass is 322 g/mol. The largest absolute Gasteiger partial charge is 0.469 e. The number of methoxy groups -OCH3 is 1. The molecule has 0 spiro atoms. The fraction of sp³-hybridized carbons (Fsp3) is 0.778. The van der Waals surface area contributed by atoms with Gasteiger partial charge >= 0.3 is 11.9 Å². The predicted molar refractivity (Wildman–Crippen MR) is 83.4 cm³/mol. The molecule has 0 amide bonds. The van der Waals surface area contributed by atoms with Crippen molar-refractivity contribution in [2.45, 2.75) is 45.4 Å². The van der Waals surface area contributed by atoms with Gasteiger partial charge in [-0.05, 0) is 56.8 Å². The average Bonchev–Trinajstić information content (AvgIpc) is 2.50. The van der Waals surface area contributed by atoms with Crippen molar-refractivity contribution in [3.05, 3.63) is 12.2 Å². The Bertz CT molecular complexity index is 556. The Morgan fingerprint density at radius 1 is 1.17 bits per heavy atom. The summed E-state index contributed by atoms with van der Waals surface area (Å²) in [6.07, 6.45) is 4.94. The maximum atomic E-state index is 12.5. The van der Waals surface area contributed by atoms with Crippen LogP contribution in [0.1, 0.15) is 45.4 Å². The van der Waals surface area contributed by atoms with Crippen molar-refractivity contribution in [2.75, 3.05) is 20.3 Å². The first kappa shape index (κ1) is 16.5. The Morgan fingerprint density at radius 2 is 1.83 bits per heavy atom. The van der Waals surface area contributed by atoms with Crippen molar-refractivity contribution in [3.63, 3.8) is 0 Å². The number of hydrogen-bond acceptors (Lipinski definition) is 5. The minimum absolute atomic E-state index is 0.0818. The van der Waals surface area contributed by atoms with E-state index in [4.69, 9.17) is 9.47 Å². The molecule has 4 bridgehead atoms. The van der Waals surface area contributed by atoms with Crippen molar-refractivity contribution < 1.29 is 24.2 Å². The molecule has 4 fully saturated rings. The van der Waals surface area contributed by atoms with Crippen LogP contribution in [0.15, 0.2) is 12.2 Å². The molecule has 5 heteroatoms. The van der Waals surface area contributed by atoms with Crippen LogP contribution < -0.4 is 0 Å². The van der Waals surface area contributed by atoms with Gasteiger partial charge in [0.05, 0.1) is 19.1 Å². The minimum Gasteiger partial charge on any atom is -0.469 e. The molecule has 23 heavy (non-hydrogen) atoms. The fourth-order valence-electron chi connectivity index (χ4n) is 5.97. The molecule has 4 aliphatic rings. The number of esters is 2. The lowest BCUT2D eigenvalue weighted by Gasteiger charge is -2.64. The maximum absolute atomic E-state index is 12.5. The summed E-state index contributed by atoms with van der Waals surface area (Å²) < 4.78 is 10.6. The summed E-state index contributed by atoms with van der Waals surface area (Å²) in [6.45, 7) is 5.63. The molecule has 1 N–H and O–H groups in total. The van der Waals surface area contributed by atoms with E-state index in [0.29, 0.717) is 30.9 Å². The zero-order chi connectivity index (χ0) is 16.9. The van der Waals surface area contributed by atoms with E-state index >= 15 is 0 Å². The van der Waals surface area contributed by atoms with Crippen LogP contribution in [-0.2, 0) is 19.1 Å². The molecule has 4 saturated carbocycles. The SMILES string of the molecule is C=C(C)C(=O)OCC12CC3CC(CO)(C1)CC(C(=O)OC)(C3)C2. The zero-order valence-electron chi connectivity index (χ0n) is 14.0. The highest BCUT2D eigenvalue weighted by molar-refractivity contribution is 5.87. The van der Waals surface area contributed by atoms with Crippen LogP contribution in [0.4, 0.5) is 0 Å². The quantitative estimate of drug-likeness (QED) is 0.621. The minimum atomic E-state index is -0.521. The molecule has 4 aliphatic carbocycles. The van der Waals surface area contributed by atoms with E-state index in [1.54, 1.807) is 6.92 Å². The molecule has 5 nitrogen and oxygen atoms in total. The zero-order valence-corrected chi connectivity index (χ0v) is 14.0. The molecule has 0 aromatic heterocycles. The molecule has 4 atom stereocenters. The summed E-state index contributed by atoms with van der Waals surface area (Å²) in [6, 6.07) is 0. The first-order valence-electron chi connectivity index (χ1n) is 8.30. The van der Waals surface area contributed by atoms with E-state index in [-0.39, 0.29) is 29.4 Å². The third-order valence-corrected chi connectivity index (χ3v) is 6.11. The molecule has 0 heterocycles. The Morgan fingerprint density at radius 3 is 2.43 bits per heavy atom. The van der Waals surface area contributed by atoms with Gasteiger partial charge < -0.3 is 14.6 Å². The smallest absolute Gasteiger partial charge is 0.333 e. The van der Waals surface area contributed by atoms with Gasteiger partial charge in [0.25, 0.3) is 0 Å². The summed E-state index contributed by atoms with van der Waals surface area (Å²) in [7, 11) is 1.43. The Hall–Kier alpha value is -1.36. The first-order chi connectivity index (χ1) is 10.8. The average molecular weight is 322 g/mol. The summed E-state index contributed by atoms with van der Waals surface area (Å²) in [5.41, 5.74) is -0.591. The third kappa shape index (κ3) is 2.59. The summed E-state index contributed by atoms with van der Waals surface area (Å²) in [5.74, 6) is -0.165. The Labute approximate surface area is 137 Å². The van der Waals surface area contributed by atoms with E-state index < -0.39 is 5.41 Å². The van der Waals surface area contributed by atoms with Gasteiger partial charge in [-0.1, -0.05) is 6.58 Å². The number of carbonyl (C=O) groups excluding carboxylic acids is 2. The normalized spacial score (nSPS) is 40.7. The van der Waals surface area contributed by atoms with E-state index in [1.807, 2.05) is 0 Å². The molecular formula is C18H26O5. The van der Waals surface area contributed by atoms with Gasteiger partial charge in [-0.25, -0.2) is 4.79 Å². The number of aliphatic hydroxyl groups excluding tert-OH is 1. The van der Waals surface area contributed by atoms with E-state index in [2.05, 4.69) is 6.58 Å². The van der Waals surface area contributed by atoms with E-state index in [1.165, 1.54) is 7.11 Å². The van der Waals surface area contributed by atoms with Crippen LogP contribution in [0.5, 0.6) is 0 Å². The van der Waals surface area contributed by atoms with Crippen LogP contribution in [0.25, 0.3) is 0 Å². The second-order valence-corrected chi connectivity index (χ2v) is 8.30. The number of hydrogen-bond donors (Lipinski definition) is 1. The number of carbonyl (C=O) groups is 2. The first-order valence-corrected chi connectivity index (χ1v) is 8.30. The third-order valence-electron chi connectivity index (χ3n) is 6.11. The maximum Gasteiger partial charge on any atom is 0.333 e. The molecule has 0 aromatic carbocycles. The predicted octanol–water partition coefficient (Wildman–Crippen LogP) is 2.23. The second-order valence-electron chi connectivity index (χ2n) is 8.30. The van der Waals surface area contributed by atoms with Crippen molar-refractivity contribution in [2.24, 2.45) is 22.2 Å². The standard InChI is InChI=1S/C18H26O5/c1-12(2)14(20)23-11-17-5-13-4-16(7-17,10-19)8-18(6-13,9-17)15(21)22-3/h13,19H,1,4-11H2,2-3H3. The van der Waals surface area contributed by atoms with E-state index in [0.717, 1.165) is 25.7 Å². The molecule has 128 valence electrons. The van der Waals surface area contributed by atoms with Crippen LogP contribution in [0.2, 0.25) is 0 Å². The van der Waals surface area contributed by atoms with Crippen molar-refractivity contribution in [1.29, 1.82) is 0 Å². The lowest BCUT2D eigenvalue weighted by molar-refractivity contribution is -0.209. The lowest BCUT2D eigenvalue weighted by Crippen LogP contribution is -2.61. The lowest BCUT2D eigenvalue weighted by atomic mass is 9.39. The summed E-state index contributed by atoms with van der Waals surface area (Å²) >= 11 is 0. The van der Waals surface area contributed by atoms with E-state index in [9.17, 15) is 14.7 Å². The van der Waals surface area contributed by atoms with Gasteiger partial charge in [-0.3, -0.25) is 4.79 Å². The molecule has 0 radical (unpaired) electrons. The molecule has 0 aliphatic heterocycles. The highest BCUT2D eigenvalue weighted by atomic mass is 16.5. The van der Waals surface area contributed by atoms with Crippen molar-refractivity contribution in [1.82, 2.24) is 0 Å². The van der Waals surface area contributed by atoms with Crippen LogP contribution in [0, 0.1) is 22.2 Å². The van der Waals surface area contributed by atoms with Crippen molar-refractivity contribution >= 4 is 11.9 Å². The fourth-order valence-corrected chi connectivity index (χ4v) is 5.97. The van der Waals surface area contributed by atoms with Gasteiger partial charge in [-0.15, -0.1) is 0 Å². The molecule has 0 saturated heterocycles. The molecule has 4 rings (SSSR count). The number of aliphatic hydroxyl groups is 1. The highest BCUT2D eigenvalue weighted by Gasteiger charge is 2.66. The Kier molecular flexibility index (Phi) is 3.82. The molecule has 0 aromatic rings. The molecular weight excluding hydrogens is 296 g/mol. The topological polar surface area (TPSA) is 72.8 Å². The van der Waals surface area contributed by atoms with Crippen LogP contribution in [0.3, 0.4) is 0 Å². The summed E-state index contributed by atoms with van der Waals surface area (Å²) in [4.78, 5) is 24.3.